The number of amides is 1. The second-order valence-electron chi connectivity index (χ2n) is 4.54. The summed E-state index contributed by atoms with van der Waals surface area (Å²) in [5, 5.41) is 4.65. The normalized spacial score (nSPS) is 20.0. The average molecular weight is 254 g/mol. The van der Waals surface area contributed by atoms with Crippen molar-refractivity contribution in [3.05, 3.63) is 5.51 Å². The smallest absolute Gasteiger partial charge is 0.246 e. The number of anilines is 1. The lowest BCUT2D eigenvalue weighted by atomic mass is 9.94. The molecule has 0 spiro atoms. The van der Waals surface area contributed by atoms with E-state index in [0.29, 0.717) is 24.0 Å². The number of carbonyl (C=O) groups is 2. The molecule has 1 aromatic rings. The summed E-state index contributed by atoms with van der Waals surface area (Å²) < 4.78 is 1.36. The molecule has 0 saturated carbocycles. The van der Waals surface area contributed by atoms with Crippen LogP contribution in [0.3, 0.4) is 0 Å². The maximum Gasteiger partial charge on any atom is 0.373 e. The van der Waals surface area contributed by atoms with E-state index < -0.39 is 5.92 Å². The predicted octanol–water partition coefficient (Wildman–Crippen LogP) is 1.10. The molecule has 0 radical (unpaired) electrons. The Balaban J connectivity index is 2.40. The van der Waals surface area contributed by atoms with Gasteiger partial charge in [0.1, 0.15) is 5.51 Å². The third kappa shape index (κ3) is 1.97. The Morgan fingerprint density at radius 1 is 1.53 bits per heavy atom. The minimum absolute atomic E-state index is 0.0875. The Morgan fingerprint density at radius 2 is 2.24 bits per heavy atom. The lowest BCUT2D eigenvalue weighted by Crippen LogP contribution is -2.61. The third-order valence-corrected chi connectivity index (χ3v) is 3.63. The molecule has 1 amide bonds. The zero-order valence-corrected chi connectivity index (χ0v) is 11.0. The molecule has 2 heterocycles. The topological polar surface area (TPSA) is 54.2 Å². The molecule has 0 aromatic carbocycles. The SMILES string of the molecule is CCN1C(=O)C(CC(C)C)C(=O)[n+]2ncsc21. The molecule has 1 aliphatic heterocycles. The summed E-state index contributed by atoms with van der Waals surface area (Å²) in [5.41, 5.74) is 1.60. The van der Waals surface area contributed by atoms with Crippen LogP contribution in [0.1, 0.15) is 32.0 Å². The lowest BCUT2D eigenvalue weighted by molar-refractivity contribution is -0.623. The minimum atomic E-state index is -0.574. The van der Waals surface area contributed by atoms with Gasteiger partial charge in [0, 0.05) is 0 Å². The molecule has 0 N–H and O–H groups in total. The van der Waals surface area contributed by atoms with Crippen molar-refractivity contribution >= 4 is 28.3 Å². The van der Waals surface area contributed by atoms with E-state index in [0.717, 1.165) is 0 Å². The van der Waals surface area contributed by atoms with Crippen molar-refractivity contribution in [1.29, 1.82) is 0 Å². The molecule has 5 nitrogen and oxygen atoms in total. The fourth-order valence-electron chi connectivity index (χ4n) is 2.05. The maximum atomic E-state index is 12.2. The van der Waals surface area contributed by atoms with Crippen LogP contribution in [-0.2, 0) is 4.79 Å². The van der Waals surface area contributed by atoms with Crippen LogP contribution in [-0.4, -0.2) is 23.5 Å². The van der Waals surface area contributed by atoms with Crippen molar-refractivity contribution < 1.29 is 14.3 Å². The van der Waals surface area contributed by atoms with Crippen molar-refractivity contribution in [2.45, 2.75) is 27.2 Å². The van der Waals surface area contributed by atoms with Gasteiger partial charge in [0.25, 0.3) is 0 Å². The van der Waals surface area contributed by atoms with E-state index in [9.17, 15) is 9.59 Å². The highest BCUT2D eigenvalue weighted by Gasteiger charge is 2.48. The summed E-state index contributed by atoms with van der Waals surface area (Å²) in [5.74, 6) is -0.540. The Hall–Kier alpha value is -1.30. The summed E-state index contributed by atoms with van der Waals surface area (Å²) in [7, 11) is 0. The van der Waals surface area contributed by atoms with Crippen LogP contribution in [0.2, 0.25) is 0 Å². The van der Waals surface area contributed by atoms with E-state index in [2.05, 4.69) is 5.10 Å². The molecular weight excluding hydrogens is 238 g/mol. The van der Waals surface area contributed by atoms with Gasteiger partial charge in [-0.1, -0.05) is 23.6 Å². The highest BCUT2D eigenvalue weighted by Crippen LogP contribution is 2.25. The van der Waals surface area contributed by atoms with Crippen molar-refractivity contribution in [3.63, 3.8) is 0 Å². The molecule has 0 saturated heterocycles. The number of aromatic nitrogens is 2. The molecule has 2 rings (SSSR count). The first kappa shape index (κ1) is 12.2. The highest BCUT2D eigenvalue weighted by molar-refractivity contribution is 7.13. The van der Waals surface area contributed by atoms with Gasteiger partial charge in [-0.25, -0.2) is 9.59 Å². The summed E-state index contributed by atoms with van der Waals surface area (Å²) >= 11 is 1.32. The van der Waals surface area contributed by atoms with Gasteiger partial charge in [0.05, 0.1) is 6.54 Å². The molecule has 0 aliphatic carbocycles. The lowest BCUT2D eigenvalue weighted by Gasteiger charge is -2.22. The van der Waals surface area contributed by atoms with Crippen LogP contribution < -0.4 is 9.58 Å². The standard InChI is InChI=1S/C11H16N3O2S/c1-4-13-9(15)8(5-7(2)3)10(16)14-11(13)17-6-12-14/h6-8H,4-5H2,1-3H3/q+1. The summed E-state index contributed by atoms with van der Waals surface area (Å²) in [6.07, 6.45) is 0.581. The van der Waals surface area contributed by atoms with Crippen LogP contribution in [0.25, 0.3) is 0 Å². The van der Waals surface area contributed by atoms with E-state index in [4.69, 9.17) is 0 Å². The van der Waals surface area contributed by atoms with E-state index >= 15 is 0 Å². The largest absolute Gasteiger partial charge is 0.373 e. The molecule has 1 unspecified atom stereocenters. The molecule has 1 aromatic heterocycles. The van der Waals surface area contributed by atoms with Crippen LogP contribution in [0, 0.1) is 11.8 Å². The van der Waals surface area contributed by atoms with E-state index in [-0.39, 0.29) is 11.8 Å². The fraction of sp³-hybridized carbons (Fsp3) is 0.636. The molecule has 17 heavy (non-hydrogen) atoms. The first-order valence-electron chi connectivity index (χ1n) is 5.77. The summed E-state index contributed by atoms with van der Waals surface area (Å²) in [6, 6.07) is 0. The number of hydrogen-bond donors (Lipinski definition) is 0. The summed E-state index contributed by atoms with van der Waals surface area (Å²) in [6.45, 7) is 6.50. The number of carbonyl (C=O) groups excluding carboxylic acids is 2. The number of hydrogen-bond acceptors (Lipinski definition) is 4. The van der Waals surface area contributed by atoms with Crippen molar-refractivity contribution in [2.75, 3.05) is 11.4 Å². The van der Waals surface area contributed by atoms with Gasteiger partial charge >= 0.3 is 16.9 Å². The van der Waals surface area contributed by atoms with E-state index in [1.54, 1.807) is 10.4 Å². The number of rotatable bonds is 3. The molecule has 1 aliphatic rings. The van der Waals surface area contributed by atoms with Gasteiger partial charge in [-0.05, 0) is 30.6 Å². The van der Waals surface area contributed by atoms with Crippen LogP contribution >= 0.6 is 11.3 Å². The van der Waals surface area contributed by atoms with Crippen LogP contribution in [0.4, 0.5) is 5.13 Å². The van der Waals surface area contributed by atoms with Gasteiger partial charge < -0.3 is 0 Å². The zero-order valence-electron chi connectivity index (χ0n) is 10.2. The molecule has 92 valence electrons. The van der Waals surface area contributed by atoms with Gasteiger partial charge in [-0.3, -0.25) is 0 Å². The predicted molar refractivity (Wildman–Crippen MR) is 63.9 cm³/mol. The molecule has 0 fully saturated rings. The van der Waals surface area contributed by atoms with Crippen LogP contribution in [0.15, 0.2) is 5.51 Å². The van der Waals surface area contributed by atoms with E-state index in [1.807, 2.05) is 20.8 Å². The van der Waals surface area contributed by atoms with Gasteiger partial charge in [0.2, 0.25) is 0 Å². The summed E-state index contributed by atoms with van der Waals surface area (Å²) in [4.78, 5) is 26.0. The first-order valence-corrected chi connectivity index (χ1v) is 6.65. The monoisotopic (exact) mass is 254 g/mol. The quantitative estimate of drug-likeness (QED) is 0.599. The second-order valence-corrected chi connectivity index (χ2v) is 5.35. The van der Waals surface area contributed by atoms with Gasteiger partial charge in [-0.15, -0.1) is 0 Å². The Kier molecular flexibility index (Phi) is 3.24. The average Bonchev–Trinajstić information content (AvgIpc) is 2.73. The van der Waals surface area contributed by atoms with E-state index in [1.165, 1.54) is 16.0 Å². The first-order chi connectivity index (χ1) is 8.06. The minimum Gasteiger partial charge on any atom is -0.246 e. The molecular formula is C11H16N3O2S+. The second kappa shape index (κ2) is 4.52. The Bertz CT molecular complexity index is 455. The number of nitrogens with zero attached hydrogens (tertiary/aromatic N) is 3. The third-order valence-electron chi connectivity index (χ3n) is 2.83. The van der Waals surface area contributed by atoms with Crippen molar-refractivity contribution in [3.8, 4) is 0 Å². The van der Waals surface area contributed by atoms with Gasteiger partial charge in [0.15, 0.2) is 5.92 Å². The zero-order chi connectivity index (χ0) is 12.6. The fourth-order valence-corrected chi connectivity index (χ4v) is 2.87. The van der Waals surface area contributed by atoms with Crippen molar-refractivity contribution in [2.24, 2.45) is 11.8 Å². The maximum absolute atomic E-state index is 12.2. The highest BCUT2D eigenvalue weighted by atomic mass is 32.1. The van der Waals surface area contributed by atoms with Gasteiger partial charge in [-0.2, -0.15) is 4.90 Å². The van der Waals surface area contributed by atoms with Crippen molar-refractivity contribution in [1.82, 2.24) is 5.10 Å². The molecule has 1 atom stereocenters. The molecule has 6 heteroatoms. The Morgan fingerprint density at radius 3 is 2.82 bits per heavy atom. The Labute approximate surface area is 104 Å². The van der Waals surface area contributed by atoms with Crippen LogP contribution in [0.5, 0.6) is 0 Å². The number of fused-ring (bicyclic) bond motifs is 1. The molecule has 0 bridgehead atoms.